The summed E-state index contributed by atoms with van der Waals surface area (Å²) in [6.45, 7) is 1.40. The molecule has 1 fully saturated rings. The molecule has 4 rings (SSSR count). The Labute approximate surface area is 157 Å². The van der Waals surface area contributed by atoms with Crippen molar-refractivity contribution in [2.75, 3.05) is 20.2 Å². The molecular formula is C21H21N3O3. The Kier molecular flexibility index (Phi) is 4.62. The van der Waals surface area contributed by atoms with E-state index in [1.807, 2.05) is 11.0 Å². The molecule has 3 aromatic rings. The molecule has 1 aliphatic rings. The first kappa shape index (κ1) is 17.3. The van der Waals surface area contributed by atoms with Crippen LogP contribution < -0.4 is 0 Å². The molecule has 1 saturated heterocycles. The molecule has 138 valence electrons. The third-order valence-electron chi connectivity index (χ3n) is 5.25. The molecule has 0 spiro atoms. The fourth-order valence-electron chi connectivity index (χ4n) is 3.75. The number of ether oxygens (including phenoxy) is 1. The number of nitrogens with one attached hydrogen (secondary N) is 1. The van der Waals surface area contributed by atoms with E-state index < -0.39 is 5.97 Å². The molecule has 1 amide bonds. The number of hydrogen-bond donors (Lipinski definition) is 1. The summed E-state index contributed by atoms with van der Waals surface area (Å²) in [6.07, 6.45) is 5.33. The number of benzene rings is 1. The number of amides is 1. The van der Waals surface area contributed by atoms with Crippen molar-refractivity contribution in [1.82, 2.24) is 14.9 Å². The van der Waals surface area contributed by atoms with E-state index in [-0.39, 0.29) is 5.91 Å². The van der Waals surface area contributed by atoms with Crippen LogP contribution in [0, 0.1) is 0 Å². The lowest BCUT2D eigenvalue weighted by atomic mass is 9.89. The Bertz CT molecular complexity index is 970. The SMILES string of the molecule is COC(=O)c1ccc(C(=O)N2CCC(c3c[nH]c4ccccc34)CC2)nc1. The Morgan fingerprint density at radius 2 is 1.93 bits per heavy atom. The number of aromatic nitrogens is 2. The average Bonchev–Trinajstić information content (AvgIpc) is 3.17. The molecule has 2 aromatic heterocycles. The van der Waals surface area contributed by atoms with Crippen molar-refractivity contribution in [1.29, 1.82) is 0 Å². The van der Waals surface area contributed by atoms with Crippen molar-refractivity contribution in [3.63, 3.8) is 0 Å². The van der Waals surface area contributed by atoms with Gasteiger partial charge in [0, 0.05) is 36.4 Å². The number of pyridine rings is 1. The highest BCUT2D eigenvalue weighted by atomic mass is 16.5. The van der Waals surface area contributed by atoms with Gasteiger partial charge in [0.15, 0.2) is 0 Å². The highest BCUT2D eigenvalue weighted by Gasteiger charge is 2.26. The lowest BCUT2D eigenvalue weighted by molar-refractivity contribution is 0.0598. The van der Waals surface area contributed by atoms with E-state index in [1.54, 1.807) is 12.1 Å². The zero-order valence-electron chi connectivity index (χ0n) is 15.1. The summed E-state index contributed by atoms with van der Waals surface area (Å²) >= 11 is 0. The van der Waals surface area contributed by atoms with E-state index >= 15 is 0 Å². The number of methoxy groups -OCH3 is 1. The van der Waals surface area contributed by atoms with Gasteiger partial charge in [-0.25, -0.2) is 4.79 Å². The molecule has 1 aliphatic heterocycles. The van der Waals surface area contributed by atoms with Gasteiger partial charge in [0.1, 0.15) is 5.69 Å². The summed E-state index contributed by atoms with van der Waals surface area (Å²) in [5.41, 5.74) is 3.18. The number of para-hydroxylation sites is 1. The van der Waals surface area contributed by atoms with Crippen LogP contribution >= 0.6 is 0 Å². The summed E-state index contributed by atoms with van der Waals surface area (Å²) in [4.78, 5) is 33.5. The molecule has 6 nitrogen and oxygen atoms in total. The Morgan fingerprint density at radius 1 is 1.15 bits per heavy atom. The minimum atomic E-state index is -0.457. The van der Waals surface area contributed by atoms with E-state index in [4.69, 9.17) is 0 Å². The van der Waals surface area contributed by atoms with Crippen molar-refractivity contribution in [2.24, 2.45) is 0 Å². The second-order valence-corrected chi connectivity index (χ2v) is 6.78. The largest absolute Gasteiger partial charge is 0.465 e. The number of piperidine rings is 1. The predicted octanol–water partition coefficient (Wildman–Crippen LogP) is 3.37. The smallest absolute Gasteiger partial charge is 0.339 e. The zero-order chi connectivity index (χ0) is 18.8. The van der Waals surface area contributed by atoms with Crippen LogP contribution in [0.15, 0.2) is 48.8 Å². The second-order valence-electron chi connectivity index (χ2n) is 6.78. The fourth-order valence-corrected chi connectivity index (χ4v) is 3.75. The highest BCUT2D eigenvalue weighted by Crippen LogP contribution is 2.33. The topological polar surface area (TPSA) is 75.3 Å². The molecule has 27 heavy (non-hydrogen) atoms. The van der Waals surface area contributed by atoms with Gasteiger partial charge in [-0.1, -0.05) is 18.2 Å². The van der Waals surface area contributed by atoms with Gasteiger partial charge in [-0.2, -0.15) is 0 Å². The van der Waals surface area contributed by atoms with Gasteiger partial charge in [-0.3, -0.25) is 9.78 Å². The molecular weight excluding hydrogens is 342 g/mol. The molecule has 0 radical (unpaired) electrons. The molecule has 1 aromatic carbocycles. The van der Waals surface area contributed by atoms with Crippen molar-refractivity contribution in [3.05, 3.63) is 65.6 Å². The maximum Gasteiger partial charge on any atom is 0.339 e. The van der Waals surface area contributed by atoms with Crippen LogP contribution in [0.2, 0.25) is 0 Å². The molecule has 0 bridgehead atoms. The van der Waals surface area contributed by atoms with E-state index in [0.717, 1.165) is 18.4 Å². The van der Waals surface area contributed by atoms with Crippen LogP contribution in [0.3, 0.4) is 0 Å². The Morgan fingerprint density at radius 3 is 2.63 bits per heavy atom. The summed E-state index contributed by atoms with van der Waals surface area (Å²) in [5, 5.41) is 1.27. The zero-order valence-corrected chi connectivity index (χ0v) is 15.1. The van der Waals surface area contributed by atoms with Crippen LogP contribution in [0.5, 0.6) is 0 Å². The summed E-state index contributed by atoms with van der Waals surface area (Å²) in [5.74, 6) is -0.107. The van der Waals surface area contributed by atoms with Gasteiger partial charge in [-0.15, -0.1) is 0 Å². The quantitative estimate of drug-likeness (QED) is 0.724. The number of hydrogen-bond acceptors (Lipinski definition) is 4. The number of carbonyl (C=O) groups excluding carboxylic acids is 2. The predicted molar refractivity (Wildman–Crippen MR) is 102 cm³/mol. The Balaban J connectivity index is 1.43. The lowest BCUT2D eigenvalue weighted by Crippen LogP contribution is -2.38. The van der Waals surface area contributed by atoms with E-state index in [2.05, 4.69) is 39.1 Å². The number of likely N-dealkylation sites (tertiary alicyclic amines) is 1. The molecule has 0 unspecified atom stereocenters. The van der Waals surface area contributed by atoms with Crippen molar-refractivity contribution >= 4 is 22.8 Å². The number of esters is 1. The lowest BCUT2D eigenvalue weighted by Gasteiger charge is -2.31. The Hall–Kier alpha value is -3.15. The minimum absolute atomic E-state index is 0.0937. The van der Waals surface area contributed by atoms with Crippen molar-refractivity contribution < 1.29 is 14.3 Å². The number of rotatable bonds is 3. The molecule has 0 atom stereocenters. The number of nitrogens with zero attached hydrogens (tertiary/aromatic N) is 2. The summed E-state index contributed by atoms with van der Waals surface area (Å²) in [7, 11) is 1.32. The first-order valence-corrected chi connectivity index (χ1v) is 9.07. The van der Waals surface area contributed by atoms with Crippen LogP contribution in [-0.4, -0.2) is 46.9 Å². The van der Waals surface area contributed by atoms with E-state index in [9.17, 15) is 9.59 Å². The number of H-pyrrole nitrogens is 1. The third-order valence-corrected chi connectivity index (χ3v) is 5.25. The molecule has 1 N–H and O–H groups in total. The van der Waals surface area contributed by atoms with Gasteiger partial charge in [0.25, 0.3) is 5.91 Å². The molecule has 0 aliphatic carbocycles. The normalized spacial score (nSPS) is 15.1. The third kappa shape index (κ3) is 3.30. The fraction of sp³-hybridized carbons (Fsp3) is 0.286. The monoisotopic (exact) mass is 363 g/mol. The maximum atomic E-state index is 12.7. The van der Waals surface area contributed by atoms with Crippen LogP contribution in [-0.2, 0) is 4.74 Å². The second kappa shape index (κ2) is 7.23. The number of carbonyl (C=O) groups is 2. The van der Waals surface area contributed by atoms with Crippen molar-refractivity contribution in [2.45, 2.75) is 18.8 Å². The van der Waals surface area contributed by atoms with Crippen LogP contribution in [0.25, 0.3) is 10.9 Å². The van der Waals surface area contributed by atoms with Gasteiger partial charge >= 0.3 is 5.97 Å². The average molecular weight is 363 g/mol. The highest BCUT2D eigenvalue weighted by molar-refractivity contribution is 5.94. The molecule has 3 heterocycles. The first-order valence-electron chi connectivity index (χ1n) is 9.07. The molecule has 6 heteroatoms. The van der Waals surface area contributed by atoms with Crippen molar-refractivity contribution in [3.8, 4) is 0 Å². The maximum absolute atomic E-state index is 12.7. The van der Waals surface area contributed by atoms with Gasteiger partial charge in [0.05, 0.1) is 12.7 Å². The first-order chi connectivity index (χ1) is 13.2. The van der Waals surface area contributed by atoms with Gasteiger partial charge < -0.3 is 14.6 Å². The number of fused-ring (bicyclic) bond motifs is 1. The summed E-state index contributed by atoms with van der Waals surface area (Å²) < 4.78 is 4.65. The standard InChI is InChI=1S/C21H21N3O3/c1-27-21(26)15-6-7-19(22-12-15)20(25)24-10-8-14(9-11-24)17-13-23-18-5-3-2-4-16(17)18/h2-7,12-14,23H,8-11H2,1H3. The van der Waals surface area contributed by atoms with Gasteiger partial charge in [-0.05, 0) is 42.5 Å². The molecule has 0 saturated carbocycles. The van der Waals surface area contributed by atoms with E-state index in [1.165, 1.54) is 24.3 Å². The van der Waals surface area contributed by atoms with Gasteiger partial charge in [0.2, 0.25) is 0 Å². The van der Waals surface area contributed by atoms with Crippen LogP contribution in [0.1, 0.15) is 45.2 Å². The van der Waals surface area contributed by atoms with E-state index in [0.29, 0.717) is 30.3 Å². The van der Waals surface area contributed by atoms with Crippen LogP contribution in [0.4, 0.5) is 0 Å². The minimum Gasteiger partial charge on any atom is -0.465 e. The number of aromatic amines is 1. The summed E-state index contributed by atoms with van der Waals surface area (Å²) in [6, 6.07) is 11.5.